The molecule has 0 aliphatic heterocycles. The summed E-state index contributed by atoms with van der Waals surface area (Å²) in [6, 6.07) is 0. The third-order valence-electron chi connectivity index (χ3n) is 11.6. The van der Waals surface area contributed by atoms with Crippen LogP contribution in [0.1, 0.15) is 278 Å². The molecule has 0 aromatic carbocycles. The quantitative estimate of drug-likeness (QED) is 0.0262. The predicted molar refractivity (Wildman–Crippen MR) is 261 cm³/mol. The lowest BCUT2D eigenvalue weighted by atomic mass is 10.0. The summed E-state index contributed by atoms with van der Waals surface area (Å²) >= 11 is 0. The van der Waals surface area contributed by atoms with Gasteiger partial charge in [0.05, 0.1) is 0 Å². The average molecular weight is 857 g/mol. The van der Waals surface area contributed by atoms with Gasteiger partial charge in [0.2, 0.25) is 0 Å². The Bertz CT molecular complexity index is 1030. The molecule has 0 aliphatic rings. The van der Waals surface area contributed by atoms with Gasteiger partial charge in [0.15, 0.2) is 6.10 Å². The zero-order valence-corrected chi connectivity index (χ0v) is 40.7. The van der Waals surface area contributed by atoms with Crippen LogP contribution >= 0.6 is 0 Å². The van der Waals surface area contributed by atoms with E-state index in [1.54, 1.807) is 0 Å². The van der Waals surface area contributed by atoms with Gasteiger partial charge < -0.3 is 14.2 Å². The number of ether oxygens (including phenoxy) is 3. The van der Waals surface area contributed by atoms with Crippen LogP contribution in [0, 0.1) is 0 Å². The molecule has 6 nitrogen and oxygen atoms in total. The van der Waals surface area contributed by atoms with Crippen LogP contribution in [0.5, 0.6) is 0 Å². The van der Waals surface area contributed by atoms with Crippen molar-refractivity contribution in [2.45, 2.75) is 284 Å². The molecule has 0 N–H and O–H groups in total. The average Bonchev–Trinajstić information content (AvgIpc) is 3.26. The monoisotopic (exact) mass is 857 g/mol. The first-order chi connectivity index (χ1) is 30.0. The smallest absolute Gasteiger partial charge is 0.306 e. The second kappa shape index (κ2) is 50.3. The number of carbonyl (C=O) groups is 3. The van der Waals surface area contributed by atoms with Crippen molar-refractivity contribution in [3.8, 4) is 0 Å². The Balaban J connectivity index is 4.29. The zero-order chi connectivity index (χ0) is 44.4. The van der Waals surface area contributed by atoms with Gasteiger partial charge in [0.1, 0.15) is 13.2 Å². The topological polar surface area (TPSA) is 78.9 Å². The zero-order valence-electron chi connectivity index (χ0n) is 40.7. The molecule has 0 spiro atoms. The third-order valence-corrected chi connectivity index (χ3v) is 11.6. The molecule has 0 aromatic rings. The van der Waals surface area contributed by atoms with Gasteiger partial charge in [0.25, 0.3) is 0 Å². The summed E-state index contributed by atoms with van der Waals surface area (Å²) in [5.41, 5.74) is 0. The highest BCUT2D eigenvalue weighted by Crippen LogP contribution is 2.15. The Morgan fingerprint density at radius 1 is 0.328 bits per heavy atom. The van der Waals surface area contributed by atoms with Crippen molar-refractivity contribution in [2.75, 3.05) is 13.2 Å². The molecule has 0 bridgehead atoms. The standard InChI is InChI=1S/C55H100O6/c1-4-7-10-13-16-19-22-24-25-26-27-28-29-30-31-32-34-36-39-42-45-48-54(57)60-51-52(50-59-53(56)47-44-41-38-35-21-18-15-12-9-6-3)61-55(58)49-46-43-40-37-33-23-20-17-14-11-8-5-2/h22,24,26-27,29-30,52H,4-21,23,25,28,31-51H2,1-3H3/b24-22-,27-26-,30-29-. The van der Waals surface area contributed by atoms with E-state index in [0.717, 1.165) is 77.0 Å². The van der Waals surface area contributed by atoms with E-state index in [2.05, 4.69) is 57.2 Å². The molecule has 0 radical (unpaired) electrons. The van der Waals surface area contributed by atoms with Crippen molar-refractivity contribution in [1.82, 2.24) is 0 Å². The Kier molecular flexibility index (Phi) is 48.3. The first kappa shape index (κ1) is 58.6. The van der Waals surface area contributed by atoms with Crippen LogP contribution < -0.4 is 0 Å². The van der Waals surface area contributed by atoms with Crippen molar-refractivity contribution in [2.24, 2.45) is 0 Å². The molecule has 1 unspecified atom stereocenters. The largest absolute Gasteiger partial charge is 0.462 e. The lowest BCUT2D eigenvalue weighted by Gasteiger charge is -2.18. The van der Waals surface area contributed by atoms with Crippen molar-refractivity contribution in [3.63, 3.8) is 0 Å². The molecular formula is C55H100O6. The fourth-order valence-corrected chi connectivity index (χ4v) is 7.63. The Hall–Kier alpha value is -2.37. The highest BCUT2D eigenvalue weighted by Gasteiger charge is 2.19. The third kappa shape index (κ3) is 48.5. The molecular weight excluding hydrogens is 757 g/mol. The van der Waals surface area contributed by atoms with Gasteiger partial charge in [-0.1, -0.05) is 237 Å². The van der Waals surface area contributed by atoms with E-state index in [-0.39, 0.29) is 31.1 Å². The highest BCUT2D eigenvalue weighted by molar-refractivity contribution is 5.71. The van der Waals surface area contributed by atoms with Gasteiger partial charge in [-0.15, -0.1) is 0 Å². The van der Waals surface area contributed by atoms with Crippen LogP contribution in [0.2, 0.25) is 0 Å². The van der Waals surface area contributed by atoms with E-state index in [0.29, 0.717) is 19.3 Å². The van der Waals surface area contributed by atoms with Crippen LogP contribution in [-0.2, 0) is 28.6 Å². The van der Waals surface area contributed by atoms with Gasteiger partial charge in [-0.2, -0.15) is 0 Å². The first-order valence-electron chi connectivity index (χ1n) is 26.5. The van der Waals surface area contributed by atoms with E-state index in [9.17, 15) is 14.4 Å². The molecule has 0 saturated carbocycles. The normalized spacial score (nSPS) is 12.2. The number of esters is 3. The predicted octanol–water partition coefficient (Wildman–Crippen LogP) is 17.3. The number of hydrogen-bond acceptors (Lipinski definition) is 6. The van der Waals surface area contributed by atoms with Gasteiger partial charge in [-0.25, -0.2) is 0 Å². The van der Waals surface area contributed by atoms with E-state index < -0.39 is 6.10 Å². The van der Waals surface area contributed by atoms with Crippen molar-refractivity contribution < 1.29 is 28.6 Å². The summed E-state index contributed by atoms with van der Waals surface area (Å²) in [6.45, 7) is 6.62. The van der Waals surface area contributed by atoms with Crippen LogP contribution in [0.15, 0.2) is 36.5 Å². The fraction of sp³-hybridized carbons (Fsp3) is 0.836. The number of hydrogen-bond donors (Lipinski definition) is 0. The Morgan fingerprint density at radius 2 is 0.590 bits per heavy atom. The maximum atomic E-state index is 12.8. The summed E-state index contributed by atoms with van der Waals surface area (Å²) in [5.74, 6) is -0.876. The van der Waals surface area contributed by atoms with E-state index in [1.165, 1.54) is 161 Å². The van der Waals surface area contributed by atoms with Gasteiger partial charge in [-0.3, -0.25) is 14.4 Å². The number of allylic oxidation sites excluding steroid dienone is 6. The van der Waals surface area contributed by atoms with E-state index in [1.807, 2.05) is 0 Å². The summed E-state index contributed by atoms with van der Waals surface area (Å²) < 4.78 is 16.8. The molecule has 0 aliphatic carbocycles. The molecule has 0 saturated heterocycles. The Morgan fingerprint density at radius 3 is 0.918 bits per heavy atom. The number of carbonyl (C=O) groups excluding carboxylic acids is 3. The molecule has 0 rings (SSSR count). The lowest BCUT2D eigenvalue weighted by molar-refractivity contribution is -0.167. The first-order valence-corrected chi connectivity index (χ1v) is 26.5. The molecule has 6 heteroatoms. The minimum Gasteiger partial charge on any atom is -0.462 e. The summed E-state index contributed by atoms with van der Waals surface area (Å²) in [6.07, 6.45) is 58.4. The summed E-state index contributed by atoms with van der Waals surface area (Å²) in [4.78, 5) is 37.9. The van der Waals surface area contributed by atoms with Crippen molar-refractivity contribution >= 4 is 17.9 Å². The number of unbranched alkanes of at least 4 members (excludes halogenated alkanes) is 31. The van der Waals surface area contributed by atoms with Crippen LogP contribution in [0.3, 0.4) is 0 Å². The number of rotatable bonds is 48. The summed E-state index contributed by atoms with van der Waals surface area (Å²) in [5, 5.41) is 0. The van der Waals surface area contributed by atoms with Gasteiger partial charge >= 0.3 is 17.9 Å². The van der Waals surface area contributed by atoms with Gasteiger partial charge in [0, 0.05) is 19.3 Å². The molecule has 0 aromatic heterocycles. The van der Waals surface area contributed by atoms with Gasteiger partial charge in [-0.05, 0) is 57.8 Å². The van der Waals surface area contributed by atoms with Crippen LogP contribution in [0.25, 0.3) is 0 Å². The Labute approximate surface area is 378 Å². The molecule has 61 heavy (non-hydrogen) atoms. The highest BCUT2D eigenvalue weighted by atomic mass is 16.6. The minimum atomic E-state index is -0.771. The SMILES string of the molecule is CCCCCCC/C=C\C/C=C\C/C=C\CCCCCCCCC(=O)OCC(COC(=O)CCCCCCCCCCCC)OC(=O)CCCCCCCCCCCCCC. The van der Waals surface area contributed by atoms with Crippen LogP contribution in [-0.4, -0.2) is 37.2 Å². The maximum Gasteiger partial charge on any atom is 0.306 e. The molecule has 1 atom stereocenters. The molecule has 0 heterocycles. The lowest BCUT2D eigenvalue weighted by Crippen LogP contribution is -2.30. The van der Waals surface area contributed by atoms with Crippen molar-refractivity contribution in [1.29, 1.82) is 0 Å². The molecule has 0 fully saturated rings. The molecule has 0 amide bonds. The summed E-state index contributed by atoms with van der Waals surface area (Å²) in [7, 11) is 0. The second-order valence-corrected chi connectivity index (χ2v) is 17.8. The van der Waals surface area contributed by atoms with E-state index in [4.69, 9.17) is 14.2 Å². The maximum absolute atomic E-state index is 12.8. The minimum absolute atomic E-state index is 0.0725. The fourth-order valence-electron chi connectivity index (χ4n) is 7.63. The molecule has 356 valence electrons. The van der Waals surface area contributed by atoms with Crippen molar-refractivity contribution in [3.05, 3.63) is 36.5 Å². The van der Waals surface area contributed by atoms with E-state index >= 15 is 0 Å². The van der Waals surface area contributed by atoms with Crippen LogP contribution in [0.4, 0.5) is 0 Å². The second-order valence-electron chi connectivity index (χ2n) is 17.8.